The molecule has 4 aliphatic rings. The molecule has 4 fully saturated rings. The van der Waals surface area contributed by atoms with Crippen molar-refractivity contribution in [3.8, 4) is 0 Å². The van der Waals surface area contributed by atoms with Crippen LogP contribution < -0.4 is 0 Å². The Bertz CT molecular complexity index is 490. The summed E-state index contributed by atoms with van der Waals surface area (Å²) < 4.78 is 0. The second-order valence-electron chi connectivity index (χ2n) is 7.78. The molecule has 0 unspecified atom stereocenters. The minimum absolute atomic E-state index is 0.0691. The average Bonchev–Trinajstić information content (AvgIpc) is 2.40. The van der Waals surface area contributed by atoms with Gasteiger partial charge in [-0.15, -0.1) is 0 Å². The zero-order valence-corrected chi connectivity index (χ0v) is 12.4. The molecular weight excluding hydrogens is 244 g/mol. The van der Waals surface area contributed by atoms with Crippen LogP contribution in [0, 0.1) is 30.1 Å². The van der Waals surface area contributed by atoms with Crippen molar-refractivity contribution in [2.24, 2.45) is 23.2 Å². The lowest BCUT2D eigenvalue weighted by molar-refractivity contribution is -0.143. The SMILES string of the molecule is Cc1ccc(CC(=O)C23CC4CC(CC(C4)C2)C3)cc1. The Morgan fingerprint density at radius 3 is 2.00 bits per heavy atom. The van der Waals surface area contributed by atoms with Crippen LogP contribution in [0.1, 0.15) is 49.7 Å². The quantitative estimate of drug-likeness (QED) is 0.797. The smallest absolute Gasteiger partial charge is 0.143 e. The molecule has 106 valence electrons. The highest BCUT2D eigenvalue weighted by Gasteiger charge is 2.53. The minimum atomic E-state index is 0.0691. The van der Waals surface area contributed by atoms with Gasteiger partial charge in [-0.2, -0.15) is 0 Å². The predicted molar refractivity (Wildman–Crippen MR) is 80.5 cm³/mol. The highest BCUT2D eigenvalue weighted by Crippen LogP contribution is 2.60. The van der Waals surface area contributed by atoms with Crippen LogP contribution in [0.5, 0.6) is 0 Å². The molecule has 0 atom stereocenters. The van der Waals surface area contributed by atoms with E-state index < -0.39 is 0 Å². The van der Waals surface area contributed by atoms with Crippen LogP contribution in [0.25, 0.3) is 0 Å². The molecule has 0 amide bonds. The second-order valence-corrected chi connectivity index (χ2v) is 7.78. The van der Waals surface area contributed by atoms with Gasteiger partial charge in [0.15, 0.2) is 0 Å². The normalized spacial score (nSPS) is 38.1. The van der Waals surface area contributed by atoms with Crippen LogP contribution >= 0.6 is 0 Å². The fourth-order valence-electron chi connectivity index (χ4n) is 5.53. The Kier molecular flexibility index (Phi) is 2.80. The number of aryl methyl sites for hydroxylation is 1. The minimum Gasteiger partial charge on any atom is -0.299 e. The summed E-state index contributed by atoms with van der Waals surface area (Å²) in [5.74, 6) is 3.13. The van der Waals surface area contributed by atoms with Crippen molar-refractivity contribution in [2.75, 3.05) is 0 Å². The summed E-state index contributed by atoms with van der Waals surface area (Å²) in [6, 6.07) is 8.52. The summed E-state index contributed by atoms with van der Waals surface area (Å²) in [6.45, 7) is 2.10. The number of hydrogen-bond donors (Lipinski definition) is 0. The van der Waals surface area contributed by atoms with Crippen molar-refractivity contribution in [3.05, 3.63) is 35.4 Å². The van der Waals surface area contributed by atoms with Crippen LogP contribution in [0.4, 0.5) is 0 Å². The first-order valence-electron chi connectivity index (χ1n) is 8.22. The van der Waals surface area contributed by atoms with Crippen LogP contribution in [-0.2, 0) is 11.2 Å². The number of ketones is 1. The van der Waals surface area contributed by atoms with Gasteiger partial charge >= 0.3 is 0 Å². The largest absolute Gasteiger partial charge is 0.299 e. The van der Waals surface area contributed by atoms with Gasteiger partial charge in [-0.25, -0.2) is 0 Å². The first kappa shape index (κ1) is 12.6. The number of hydrogen-bond acceptors (Lipinski definition) is 1. The van der Waals surface area contributed by atoms with Crippen molar-refractivity contribution < 1.29 is 4.79 Å². The molecule has 0 heterocycles. The number of carbonyl (C=O) groups is 1. The van der Waals surface area contributed by atoms with Crippen LogP contribution in [0.3, 0.4) is 0 Å². The van der Waals surface area contributed by atoms with E-state index in [0.717, 1.165) is 17.8 Å². The first-order valence-corrected chi connectivity index (χ1v) is 8.22. The molecule has 1 nitrogen and oxygen atoms in total. The van der Waals surface area contributed by atoms with Crippen molar-refractivity contribution in [1.82, 2.24) is 0 Å². The molecule has 0 aliphatic heterocycles. The van der Waals surface area contributed by atoms with Gasteiger partial charge in [-0.05, 0) is 68.8 Å². The van der Waals surface area contributed by atoms with Crippen LogP contribution in [0.15, 0.2) is 24.3 Å². The summed E-state index contributed by atoms with van der Waals surface area (Å²) in [7, 11) is 0. The Morgan fingerprint density at radius 2 is 1.50 bits per heavy atom. The number of carbonyl (C=O) groups excluding carboxylic acids is 1. The predicted octanol–water partition coefficient (Wildman–Crippen LogP) is 4.32. The maximum Gasteiger partial charge on any atom is 0.143 e. The van der Waals surface area contributed by atoms with Gasteiger partial charge in [-0.1, -0.05) is 29.8 Å². The zero-order chi connectivity index (χ0) is 13.7. The average molecular weight is 268 g/mol. The molecule has 0 N–H and O–H groups in total. The summed E-state index contributed by atoms with van der Waals surface area (Å²) in [4.78, 5) is 13.0. The maximum atomic E-state index is 13.0. The van der Waals surface area contributed by atoms with Gasteiger partial charge in [0.05, 0.1) is 0 Å². The standard InChI is InChI=1S/C19H24O/c1-13-2-4-14(5-3-13)9-18(20)19-10-15-6-16(11-19)8-17(7-15)12-19/h2-5,15-17H,6-12H2,1H3. The van der Waals surface area contributed by atoms with E-state index in [0.29, 0.717) is 12.2 Å². The number of rotatable bonds is 3. The molecule has 4 aliphatic carbocycles. The molecule has 0 aromatic heterocycles. The third kappa shape index (κ3) is 2.03. The highest BCUT2D eigenvalue weighted by atomic mass is 16.1. The Morgan fingerprint density at radius 1 is 1.00 bits per heavy atom. The molecule has 1 aromatic rings. The lowest BCUT2D eigenvalue weighted by Gasteiger charge is -2.56. The Hall–Kier alpha value is -1.11. The van der Waals surface area contributed by atoms with E-state index >= 15 is 0 Å². The van der Waals surface area contributed by atoms with Crippen molar-refractivity contribution in [3.63, 3.8) is 0 Å². The molecule has 5 rings (SSSR count). The van der Waals surface area contributed by atoms with E-state index in [2.05, 4.69) is 31.2 Å². The topological polar surface area (TPSA) is 17.1 Å². The molecule has 4 bridgehead atoms. The van der Waals surface area contributed by atoms with Gasteiger partial charge in [0, 0.05) is 11.8 Å². The maximum absolute atomic E-state index is 13.0. The first-order chi connectivity index (χ1) is 9.63. The second kappa shape index (κ2) is 4.44. The van der Waals surface area contributed by atoms with Crippen molar-refractivity contribution >= 4 is 5.78 Å². The monoisotopic (exact) mass is 268 g/mol. The van der Waals surface area contributed by atoms with Gasteiger partial charge < -0.3 is 0 Å². The lowest BCUT2D eigenvalue weighted by atomic mass is 9.48. The molecule has 0 spiro atoms. The fourth-order valence-corrected chi connectivity index (χ4v) is 5.53. The highest BCUT2D eigenvalue weighted by molar-refractivity contribution is 5.87. The van der Waals surface area contributed by atoms with Crippen molar-refractivity contribution in [1.29, 1.82) is 0 Å². The van der Waals surface area contributed by atoms with Gasteiger partial charge in [-0.3, -0.25) is 4.79 Å². The molecular formula is C19H24O. The number of benzene rings is 1. The van der Waals surface area contributed by atoms with Crippen LogP contribution in [-0.4, -0.2) is 5.78 Å². The van der Waals surface area contributed by atoms with E-state index in [1.54, 1.807) is 0 Å². The molecule has 4 saturated carbocycles. The van der Waals surface area contributed by atoms with Gasteiger partial charge in [0.2, 0.25) is 0 Å². The molecule has 0 saturated heterocycles. The summed E-state index contributed by atoms with van der Waals surface area (Å²) in [6.07, 6.45) is 8.49. The van der Waals surface area contributed by atoms with E-state index in [9.17, 15) is 4.79 Å². The van der Waals surface area contributed by atoms with E-state index in [1.807, 2.05) is 0 Å². The molecule has 1 aromatic carbocycles. The molecule has 0 radical (unpaired) electrons. The third-order valence-corrected chi connectivity index (χ3v) is 6.12. The molecule has 20 heavy (non-hydrogen) atoms. The Balaban J connectivity index is 1.54. The summed E-state index contributed by atoms with van der Waals surface area (Å²) in [5.41, 5.74) is 2.55. The fraction of sp³-hybridized carbons (Fsp3) is 0.632. The van der Waals surface area contributed by atoms with Gasteiger partial charge in [0.1, 0.15) is 5.78 Å². The van der Waals surface area contributed by atoms with Gasteiger partial charge in [0.25, 0.3) is 0 Å². The molecule has 1 heteroatoms. The number of Topliss-reactive ketones (excluding diaryl/α,β-unsaturated/α-hetero) is 1. The third-order valence-electron chi connectivity index (χ3n) is 6.12. The van der Waals surface area contributed by atoms with E-state index in [1.165, 1.54) is 49.7 Å². The summed E-state index contributed by atoms with van der Waals surface area (Å²) in [5, 5.41) is 0. The van der Waals surface area contributed by atoms with E-state index in [-0.39, 0.29) is 5.41 Å². The van der Waals surface area contributed by atoms with E-state index in [4.69, 9.17) is 0 Å². The zero-order valence-electron chi connectivity index (χ0n) is 12.4. The Labute approximate surface area is 121 Å². The van der Waals surface area contributed by atoms with Crippen LogP contribution in [0.2, 0.25) is 0 Å². The van der Waals surface area contributed by atoms with Crippen molar-refractivity contribution in [2.45, 2.75) is 51.9 Å². The lowest BCUT2D eigenvalue weighted by Crippen LogP contribution is -2.50. The summed E-state index contributed by atoms with van der Waals surface area (Å²) >= 11 is 0.